The van der Waals surface area contributed by atoms with Crippen LogP contribution in [-0.4, -0.2) is 54.9 Å². The third-order valence-electron chi connectivity index (χ3n) is 8.81. The molecule has 0 aromatic rings. The average molecular weight is 404 g/mol. The summed E-state index contributed by atoms with van der Waals surface area (Å²) in [6.45, 7) is 2.20. The molecule has 1 heterocycles. The minimum atomic E-state index is -1.07. The van der Waals surface area contributed by atoms with Crippen molar-refractivity contribution in [3.8, 4) is 0 Å². The zero-order valence-corrected chi connectivity index (χ0v) is 17.6. The average Bonchev–Trinajstić information content (AvgIpc) is 2.95. The molecule has 5 aliphatic rings. The third kappa shape index (κ3) is 2.64. The van der Waals surface area contributed by atoms with Gasteiger partial charge in [0.2, 0.25) is 0 Å². The minimum Gasteiger partial charge on any atom is -0.465 e. The molecule has 0 radical (unpaired) electrons. The van der Waals surface area contributed by atoms with E-state index in [2.05, 4.69) is 12.2 Å². The quantitative estimate of drug-likeness (QED) is 0.542. The van der Waals surface area contributed by atoms with E-state index in [1.54, 1.807) is 7.11 Å². The first kappa shape index (κ1) is 19.7. The molecule has 0 spiro atoms. The molecule has 6 heteroatoms. The summed E-state index contributed by atoms with van der Waals surface area (Å²) in [5, 5.41) is 15.8. The molecule has 2 bridgehead atoms. The number of nitrogens with one attached hydrogen (secondary N) is 1. The summed E-state index contributed by atoms with van der Waals surface area (Å²) < 4.78 is 10.8. The van der Waals surface area contributed by atoms with Gasteiger partial charge >= 0.3 is 5.97 Å². The second kappa shape index (κ2) is 6.89. The number of carbonyl (C=O) groups excluding carboxylic acids is 2. The van der Waals surface area contributed by atoms with Crippen molar-refractivity contribution >= 4 is 11.8 Å². The number of carbonyl (C=O) groups is 2. The number of hydrogen-bond acceptors (Lipinski definition) is 6. The SMILES string of the molecule is COC(=O)C1=C2[C@@H]([C@H]3C[C@H]4N[C@@H](C)CC[C@H]4[C@]2(O)C3)[C@@H]2CCC[C@H](OC)[C@H]2C1=O. The normalized spacial score (nSPS) is 48.6. The molecule has 4 aliphatic carbocycles. The lowest BCUT2D eigenvalue weighted by Gasteiger charge is -2.48. The molecule has 1 saturated heterocycles. The molecule has 29 heavy (non-hydrogen) atoms. The van der Waals surface area contributed by atoms with Crippen molar-refractivity contribution in [2.24, 2.45) is 29.6 Å². The first-order chi connectivity index (χ1) is 13.9. The first-order valence-corrected chi connectivity index (χ1v) is 11.3. The van der Waals surface area contributed by atoms with Crippen LogP contribution >= 0.6 is 0 Å². The van der Waals surface area contributed by atoms with Gasteiger partial charge in [-0.1, -0.05) is 6.42 Å². The van der Waals surface area contributed by atoms with Crippen molar-refractivity contribution < 1.29 is 24.2 Å². The van der Waals surface area contributed by atoms with Gasteiger partial charge in [-0.15, -0.1) is 0 Å². The third-order valence-corrected chi connectivity index (χ3v) is 8.81. The molecule has 2 N–H and O–H groups in total. The fourth-order valence-corrected chi connectivity index (χ4v) is 7.85. The van der Waals surface area contributed by atoms with Crippen LogP contribution in [0.3, 0.4) is 0 Å². The van der Waals surface area contributed by atoms with Crippen LogP contribution in [0.4, 0.5) is 0 Å². The summed E-state index contributed by atoms with van der Waals surface area (Å²) in [6.07, 6.45) is 6.29. The van der Waals surface area contributed by atoms with Gasteiger partial charge in [-0.05, 0) is 68.8 Å². The van der Waals surface area contributed by atoms with E-state index in [1.165, 1.54) is 7.11 Å². The smallest absolute Gasteiger partial charge is 0.341 e. The van der Waals surface area contributed by atoms with Gasteiger partial charge in [0.05, 0.1) is 24.7 Å². The predicted molar refractivity (Wildman–Crippen MR) is 106 cm³/mol. The Bertz CT molecular complexity index is 762. The molecule has 0 unspecified atom stereocenters. The Kier molecular flexibility index (Phi) is 4.68. The Morgan fingerprint density at radius 3 is 2.69 bits per heavy atom. The molecule has 160 valence electrons. The zero-order valence-electron chi connectivity index (χ0n) is 17.6. The summed E-state index contributed by atoms with van der Waals surface area (Å²) in [6, 6.07) is 0.685. The van der Waals surface area contributed by atoms with E-state index < -0.39 is 11.6 Å². The number of piperidine rings is 1. The van der Waals surface area contributed by atoms with Gasteiger partial charge in [0.15, 0.2) is 5.78 Å². The van der Waals surface area contributed by atoms with E-state index >= 15 is 0 Å². The van der Waals surface area contributed by atoms with Crippen molar-refractivity contribution in [3.63, 3.8) is 0 Å². The predicted octanol–water partition coefficient (Wildman–Crippen LogP) is 2.00. The number of methoxy groups -OCH3 is 2. The van der Waals surface area contributed by atoms with E-state index in [1.807, 2.05) is 0 Å². The molecule has 9 atom stereocenters. The summed E-state index contributed by atoms with van der Waals surface area (Å²) >= 11 is 0. The fourth-order valence-electron chi connectivity index (χ4n) is 7.85. The van der Waals surface area contributed by atoms with Crippen LogP contribution in [0.15, 0.2) is 11.1 Å². The van der Waals surface area contributed by atoms with Crippen molar-refractivity contribution in [1.29, 1.82) is 0 Å². The Hall–Kier alpha value is -1.24. The second-order valence-electron chi connectivity index (χ2n) is 10.0. The maximum Gasteiger partial charge on any atom is 0.341 e. The lowest BCUT2D eigenvalue weighted by molar-refractivity contribution is -0.142. The molecule has 5 rings (SSSR count). The van der Waals surface area contributed by atoms with Gasteiger partial charge in [0, 0.05) is 25.1 Å². The first-order valence-electron chi connectivity index (χ1n) is 11.3. The summed E-state index contributed by atoms with van der Waals surface area (Å²) in [7, 11) is 2.99. The van der Waals surface area contributed by atoms with Crippen LogP contribution in [0.1, 0.15) is 51.9 Å². The van der Waals surface area contributed by atoms with Gasteiger partial charge in [-0.25, -0.2) is 4.79 Å². The Labute approximate surface area is 172 Å². The Morgan fingerprint density at radius 2 is 1.97 bits per heavy atom. The van der Waals surface area contributed by atoms with Crippen LogP contribution in [0.5, 0.6) is 0 Å². The molecule has 0 aromatic heterocycles. The number of fused-ring (bicyclic) bond motifs is 9. The van der Waals surface area contributed by atoms with Crippen LogP contribution in [0.25, 0.3) is 0 Å². The number of aliphatic hydroxyl groups is 1. The zero-order chi connectivity index (χ0) is 20.5. The summed E-state index contributed by atoms with van der Waals surface area (Å²) in [5.74, 6) is -0.448. The van der Waals surface area contributed by atoms with E-state index in [0.29, 0.717) is 18.4 Å². The lowest BCUT2D eigenvalue weighted by Crippen LogP contribution is -2.57. The van der Waals surface area contributed by atoms with E-state index in [-0.39, 0.29) is 47.2 Å². The monoisotopic (exact) mass is 403 g/mol. The Morgan fingerprint density at radius 1 is 1.17 bits per heavy atom. The number of ketones is 1. The number of hydrogen-bond donors (Lipinski definition) is 2. The summed E-state index contributed by atoms with van der Waals surface area (Å²) in [5.41, 5.74) is -0.205. The molecule has 4 fully saturated rings. The second-order valence-corrected chi connectivity index (χ2v) is 10.0. The highest BCUT2D eigenvalue weighted by Crippen LogP contribution is 2.64. The standard InChI is InChI=1S/C23H33NO5/c1-11-7-8-14-15(24-11)9-12-10-23(14,27)20-17(12)13-5-4-6-16(28-2)18(13)21(25)19(20)22(26)29-3/h11-18,24,27H,4-10H2,1-3H3/t11-,12-,13-,14+,15+,16-,17-,18-,23+/m0/s1. The maximum atomic E-state index is 13.6. The van der Waals surface area contributed by atoms with E-state index in [0.717, 1.165) is 44.1 Å². The van der Waals surface area contributed by atoms with Crippen molar-refractivity contribution in [2.75, 3.05) is 14.2 Å². The number of rotatable bonds is 2. The van der Waals surface area contributed by atoms with Crippen molar-refractivity contribution in [1.82, 2.24) is 5.32 Å². The van der Waals surface area contributed by atoms with Crippen molar-refractivity contribution in [2.45, 2.75) is 75.7 Å². The lowest BCUT2D eigenvalue weighted by atomic mass is 9.60. The molecule has 1 aliphatic heterocycles. The number of esters is 1. The van der Waals surface area contributed by atoms with Crippen molar-refractivity contribution in [3.05, 3.63) is 11.1 Å². The van der Waals surface area contributed by atoms with Crippen LogP contribution < -0.4 is 5.32 Å². The maximum absolute atomic E-state index is 13.6. The molecule has 6 nitrogen and oxygen atoms in total. The van der Waals surface area contributed by atoms with Crippen LogP contribution in [0.2, 0.25) is 0 Å². The largest absolute Gasteiger partial charge is 0.465 e. The molecular weight excluding hydrogens is 370 g/mol. The van der Waals surface area contributed by atoms with Crippen LogP contribution in [0, 0.1) is 29.6 Å². The summed E-state index contributed by atoms with van der Waals surface area (Å²) in [4.78, 5) is 26.5. The highest BCUT2D eigenvalue weighted by atomic mass is 16.5. The van der Waals surface area contributed by atoms with E-state index in [9.17, 15) is 14.7 Å². The fraction of sp³-hybridized carbons (Fsp3) is 0.826. The molecule has 0 aromatic carbocycles. The van der Waals surface area contributed by atoms with Gasteiger partial charge in [-0.2, -0.15) is 0 Å². The number of ether oxygens (including phenoxy) is 2. The molecule has 3 saturated carbocycles. The molecular formula is C23H33NO5. The number of Topliss-reactive ketones (excluding diaryl/α,β-unsaturated/α-hetero) is 1. The van der Waals surface area contributed by atoms with Crippen LogP contribution in [-0.2, 0) is 19.1 Å². The van der Waals surface area contributed by atoms with Gasteiger partial charge < -0.3 is 19.9 Å². The topological polar surface area (TPSA) is 84.9 Å². The molecule has 0 amide bonds. The highest BCUT2D eigenvalue weighted by molar-refractivity contribution is 6.20. The highest BCUT2D eigenvalue weighted by Gasteiger charge is 2.66. The van der Waals surface area contributed by atoms with Gasteiger partial charge in [0.1, 0.15) is 5.57 Å². The van der Waals surface area contributed by atoms with E-state index in [4.69, 9.17) is 9.47 Å². The minimum absolute atomic E-state index is 0.0563. The van der Waals surface area contributed by atoms with Gasteiger partial charge in [-0.3, -0.25) is 4.79 Å². The van der Waals surface area contributed by atoms with Gasteiger partial charge in [0.25, 0.3) is 0 Å². The Balaban J connectivity index is 1.67.